The second kappa shape index (κ2) is 7.77. The molecular formula is C17H23N3O4S. The number of aromatic nitrogens is 2. The van der Waals surface area contributed by atoms with Crippen LogP contribution in [0, 0.1) is 19.8 Å². The number of nitrogens with zero attached hydrogens (tertiary/aromatic N) is 1. The minimum Gasteiger partial charge on any atom is -0.480 e. The molecule has 0 aliphatic carbocycles. The summed E-state index contributed by atoms with van der Waals surface area (Å²) in [6.07, 6.45) is 0.970. The van der Waals surface area contributed by atoms with Crippen molar-refractivity contribution in [1.82, 2.24) is 15.3 Å². The zero-order valence-electron chi connectivity index (χ0n) is 14.8. The summed E-state index contributed by atoms with van der Waals surface area (Å²) in [5.41, 5.74) is 0.723. The monoisotopic (exact) mass is 365 g/mol. The van der Waals surface area contributed by atoms with E-state index in [4.69, 9.17) is 0 Å². The zero-order valence-corrected chi connectivity index (χ0v) is 15.6. The van der Waals surface area contributed by atoms with E-state index < -0.39 is 12.0 Å². The summed E-state index contributed by atoms with van der Waals surface area (Å²) in [6.45, 7) is 7.49. The molecule has 2 aromatic rings. The largest absolute Gasteiger partial charge is 0.480 e. The van der Waals surface area contributed by atoms with Crippen molar-refractivity contribution in [3.63, 3.8) is 0 Å². The molecule has 0 saturated carbocycles. The highest BCUT2D eigenvalue weighted by Gasteiger charge is 2.25. The van der Waals surface area contributed by atoms with Crippen molar-refractivity contribution in [2.45, 2.75) is 53.0 Å². The maximum Gasteiger partial charge on any atom is 0.326 e. The average Bonchev–Trinajstić information content (AvgIpc) is 2.84. The molecule has 0 aliphatic rings. The summed E-state index contributed by atoms with van der Waals surface area (Å²) in [5.74, 6) is -1.13. The van der Waals surface area contributed by atoms with Gasteiger partial charge >= 0.3 is 5.97 Å². The van der Waals surface area contributed by atoms with Crippen molar-refractivity contribution in [2.24, 2.45) is 5.92 Å². The lowest BCUT2D eigenvalue weighted by atomic mass is 9.99. The summed E-state index contributed by atoms with van der Waals surface area (Å²) in [5, 5.41) is 12.4. The second-order valence-electron chi connectivity index (χ2n) is 6.24. The molecule has 8 heteroatoms. The van der Waals surface area contributed by atoms with Gasteiger partial charge in [-0.1, -0.05) is 20.3 Å². The lowest BCUT2D eigenvalue weighted by Gasteiger charge is -2.20. The number of thiophene rings is 1. The average molecular weight is 365 g/mol. The number of carbonyl (C=O) groups excluding carboxylic acids is 1. The standard InChI is InChI=1S/C17H23N3O4S/c1-5-8(2)14(17(23)24)20-12(21)7-6-11-18-15(22)13-9(3)10(4)25-16(13)19-11/h8,14H,5-7H2,1-4H3,(H,20,21)(H,23,24)(H,18,19,22)/t8-,14-/m0/s1. The molecule has 0 spiro atoms. The summed E-state index contributed by atoms with van der Waals surface area (Å²) in [7, 11) is 0. The van der Waals surface area contributed by atoms with Gasteiger partial charge in [0, 0.05) is 17.7 Å². The van der Waals surface area contributed by atoms with E-state index in [0.717, 1.165) is 10.4 Å². The van der Waals surface area contributed by atoms with Crippen LogP contribution in [0.1, 0.15) is 43.0 Å². The molecule has 0 fully saturated rings. The quantitative estimate of drug-likeness (QED) is 0.696. The van der Waals surface area contributed by atoms with Crippen LogP contribution in [-0.4, -0.2) is 33.0 Å². The number of H-pyrrole nitrogens is 1. The normalized spacial score (nSPS) is 13.6. The smallest absolute Gasteiger partial charge is 0.326 e. The van der Waals surface area contributed by atoms with E-state index in [9.17, 15) is 19.5 Å². The summed E-state index contributed by atoms with van der Waals surface area (Å²) < 4.78 is 0. The van der Waals surface area contributed by atoms with E-state index in [1.54, 1.807) is 6.92 Å². The Balaban J connectivity index is 2.08. The first kappa shape index (κ1) is 19.1. The van der Waals surface area contributed by atoms with E-state index in [-0.39, 0.29) is 30.2 Å². The predicted octanol–water partition coefficient (Wildman–Crippen LogP) is 2.15. The van der Waals surface area contributed by atoms with Crippen LogP contribution >= 0.6 is 11.3 Å². The molecule has 0 unspecified atom stereocenters. The molecule has 0 aliphatic heterocycles. The first-order valence-corrected chi connectivity index (χ1v) is 9.07. The number of carbonyl (C=O) groups is 2. The fourth-order valence-electron chi connectivity index (χ4n) is 2.58. The Hall–Kier alpha value is -2.22. The Kier molecular flexibility index (Phi) is 5.94. The van der Waals surface area contributed by atoms with Gasteiger partial charge in [0.15, 0.2) is 0 Å². The van der Waals surface area contributed by atoms with Crippen LogP contribution in [0.15, 0.2) is 4.79 Å². The second-order valence-corrected chi connectivity index (χ2v) is 7.45. The molecule has 25 heavy (non-hydrogen) atoms. The number of carboxylic acids is 1. The highest BCUT2D eigenvalue weighted by molar-refractivity contribution is 7.18. The van der Waals surface area contributed by atoms with Crippen molar-refractivity contribution in [3.8, 4) is 0 Å². The third-order valence-electron chi connectivity index (χ3n) is 4.47. The molecule has 136 valence electrons. The van der Waals surface area contributed by atoms with Crippen molar-refractivity contribution in [2.75, 3.05) is 0 Å². The van der Waals surface area contributed by atoms with Gasteiger partial charge in [0.05, 0.1) is 5.39 Å². The van der Waals surface area contributed by atoms with Crippen LogP contribution in [-0.2, 0) is 16.0 Å². The number of amides is 1. The van der Waals surface area contributed by atoms with Gasteiger partial charge in [-0.05, 0) is 25.3 Å². The van der Waals surface area contributed by atoms with Gasteiger partial charge in [0.2, 0.25) is 5.91 Å². The van der Waals surface area contributed by atoms with Gasteiger partial charge in [0.25, 0.3) is 5.56 Å². The van der Waals surface area contributed by atoms with Crippen LogP contribution in [0.3, 0.4) is 0 Å². The summed E-state index contributed by atoms with van der Waals surface area (Å²) in [4.78, 5) is 44.4. The van der Waals surface area contributed by atoms with Crippen LogP contribution in [0.5, 0.6) is 0 Å². The number of aryl methyl sites for hydroxylation is 3. The van der Waals surface area contributed by atoms with Crippen molar-refractivity contribution >= 4 is 33.4 Å². The first-order valence-electron chi connectivity index (χ1n) is 8.25. The van der Waals surface area contributed by atoms with Gasteiger partial charge in [-0.2, -0.15) is 0 Å². The lowest BCUT2D eigenvalue weighted by Crippen LogP contribution is -2.45. The van der Waals surface area contributed by atoms with Crippen LogP contribution in [0.2, 0.25) is 0 Å². The number of hydrogen-bond donors (Lipinski definition) is 3. The summed E-state index contributed by atoms with van der Waals surface area (Å²) >= 11 is 1.45. The van der Waals surface area contributed by atoms with Gasteiger partial charge in [-0.15, -0.1) is 11.3 Å². The Labute approximate surface area is 149 Å². The number of aliphatic carboxylic acids is 1. The minimum atomic E-state index is -1.04. The van der Waals surface area contributed by atoms with E-state index in [1.165, 1.54) is 11.3 Å². The van der Waals surface area contributed by atoms with Gasteiger partial charge in [0.1, 0.15) is 16.7 Å². The van der Waals surface area contributed by atoms with Crippen molar-refractivity contribution < 1.29 is 14.7 Å². The highest BCUT2D eigenvalue weighted by atomic mass is 32.1. The van der Waals surface area contributed by atoms with Gasteiger partial charge in [-0.25, -0.2) is 9.78 Å². The third kappa shape index (κ3) is 4.25. The third-order valence-corrected chi connectivity index (χ3v) is 5.57. The maximum absolute atomic E-state index is 12.2. The Morgan fingerprint density at radius 1 is 1.36 bits per heavy atom. The zero-order chi connectivity index (χ0) is 18.7. The number of carboxylic acid groups (broad SMARTS) is 1. The van der Waals surface area contributed by atoms with E-state index in [1.807, 2.05) is 20.8 Å². The molecular weight excluding hydrogens is 342 g/mol. The molecule has 0 saturated heterocycles. The summed E-state index contributed by atoms with van der Waals surface area (Å²) in [6, 6.07) is -0.908. The van der Waals surface area contributed by atoms with Crippen LogP contribution in [0.25, 0.3) is 10.2 Å². The SMILES string of the molecule is CC[C@H](C)[C@H](NC(=O)CCc1nc2sc(C)c(C)c2c(=O)[nH]1)C(=O)O. The molecule has 2 rings (SSSR count). The Morgan fingerprint density at radius 2 is 2.04 bits per heavy atom. The van der Waals surface area contributed by atoms with Crippen LogP contribution < -0.4 is 10.9 Å². The molecule has 7 nitrogen and oxygen atoms in total. The first-order chi connectivity index (χ1) is 11.7. The number of fused-ring (bicyclic) bond motifs is 1. The fraction of sp³-hybridized carbons (Fsp3) is 0.529. The van der Waals surface area contributed by atoms with E-state index in [2.05, 4.69) is 15.3 Å². The fourth-order valence-corrected chi connectivity index (χ4v) is 3.63. The molecule has 0 radical (unpaired) electrons. The topological polar surface area (TPSA) is 112 Å². The Bertz CT molecular complexity index is 855. The number of hydrogen-bond acceptors (Lipinski definition) is 5. The molecule has 2 aromatic heterocycles. The predicted molar refractivity (Wildman–Crippen MR) is 97.1 cm³/mol. The molecule has 1 amide bonds. The highest BCUT2D eigenvalue weighted by Crippen LogP contribution is 2.25. The molecule has 2 atom stereocenters. The van der Waals surface area contributed by atoms with Gasteiger partial charge in [-0.3, -0.25) is 9.59 Å². The number of rotatable bonds is 7. The van der Waals surface area contributed by atoms with Crippen molar-refractivity contribution in [1.29, 1.82) is 0 Å². The van der Waals surface area contributed by atoms with Crippen LogP contribution in [0.4, 0.5) is 0 Å². The minimum absolute atomic E-state index is 0.0675. The number of nitrogens with one attached hydrogen (secondary N) is 2. The molecule has 0 aromatic carbocycles. The molecule has 3 N–H and O–H groups in total. The Morgan fingerprint density at radius 3 is 2.64 bits per heavy atom. The van der Waals surface area contributed by atoms with Crippen molar-refractivity contribution in [3.05, 3.63) is 26.6 Å². The molecule has 2 heterocycles. The van der Waals surface area contributed by atoms with Gasteiger partial charge < -0.3 is 15.4 Å². The number of aromatic amines is 1. The van der Waals surface area contributed by atoms with E-state index in [0.29, 0.717) is 22.5 Å². The lowest BCUT2D eigenvalue weighted by molar-refractivity contribution is -0.143. The van der Waals surface area contributed by atoms with E-state index >= 15 is 0 Å². The maximum atomic E-state index is 12.2. The molecule has 0 bridgehead atoms.